The van der Waals surface area contributed by atoms with Gasteiger partial charge >= 0.3 is 0 Å². The smallest absolute Gasteiger partial charge is 0.256 e. The Morgan fingerprint density at radius 2 is 1.84 bits per heavy atom. The number of nitrogens with one attached hydrogen (secondary N) is 1. The zero-order valence-electron chi connectivity index (χ0n) is 12.0. The van der Waals surface area contributed by atoms with Crippen LogP contribution in [-0.2, 0) is 0 Å². The van der Waals surface area contributed by atoms with Gasteiger partial charge in [-0.1, -0.05) is 25.4 Å². The molecule has 0 saturated heterocycles. The Balaban J connectivity index is 3.03. The normalized spacial score (nSPS) is 10.3. The molecule has 1 aromatic carbocycles. The number of nitrogens with zero attached hydrogens (tertiary/aromatic N) is 1. The number of amides is 1. The van der Waals surface area contributed by atoms with E-state index < -0.39 is 0 Å². The third-order valence-electron chi connectivity index (χ3n) is 2.85. The maximum absolute atomic E-state index is 12.6. The fraction of sp³-hybridized carbons (Fsp3) is 0.533. The fourth-order valence-corrected chi connectivity index (χ4v) is 2.24. The topological polar surface area (TPSA) is 32.3 Å². The molecule has 4 heteroatoms. The summed E-state index contributed by atoms with van der Waals surface area (Å²) in [6.45, 7) is 8.52. The molecule has 0 saturated carbocycles. The number of hydrogen-bond acceptors (Lipinski definition) is 2. The van der Waals surface area contributed by atoms with Gasteiger partial charge in [0.2, 0.25) is 0 Å². The summed E-state index contributed by atoms with van der Waals surface area (Å²) in [6, 6.07) is 5.43. The van der Waals surface area contributed by atoms with Crippen molar-refractivity contribution in [3.05, 3.63) is 28.8 Å². The monoisotopic (exact) mass is 282 g/mol. The third kappa shape index (κ3) is 4.43. The van der Waals surface area contributed by atoms with E-state index in [0.29, 0.717) is 10.6 Å². The summed E-state index contributed by atoms with van der Waals surface area (Å²) in [4.78, 5) is 14.5. The zero-order chi connectivity index (χ0) is 14.3. The molecule has 0 heterocycles. The van der Waals surface area contributed by atoms with Crippen LogP contribution in [0.4, 0.5) is 5.69 Å². The quantitative estimate of drug-likeness (QED) is 0.819. The van der Waals surface area contributed by atoms with Crippen molar-refractivity contribution in [1.29, 1.82) is 0 Å². The largest absolute Gasteiger partial charge is 0.385 e. The number of carbonyl (C=O) groups excluding carboxylic acids is 1. The minimum atomic E-state index is 0.0575. The summed E-state index contributed by atoms with van der Waals surface area (Å²) in [5.41, 5.74) is 1.52. The lowest BCUT2D eigenvalue weighted by atomic mass is 10.1. The van der Waals surface area contributed by atoms with E-state index in [2.05, 4.69) is 19.2 Å². The predicted octanol–water partition coefficient (Wildman–Crippen LogP) is 4.03. The van der Waals surface area contributed by atoms with Gasteiger partial charge in [-0.3, -0.25) is 4.79 Å². The lowest BCUT2D eigenvalue weighted by Gasteiger charge is -2.23. The lowest BCUT2D eigenvalue weighted by molar-refractivity contribution is 0.0756. The number of carbonyl (C=O) groups is 1. The van der Waals surface area contributed by atoms with Crippen molar-refractivity contribution in [2.24, 2.45) is 0 Å². The summed E-state index contributed by atoms with van der Waals surface area (Å²) < 4.78 is 0. The summed E-state index contributed by atoms with van der Waals surface area (Å²) in [5.74, 6) is 0.0575. The summed E-state index contributed by atoms with van der Waals surface area (Å²) in [5, 5.41) is 3.81. The van der Waals surface area contributed by atoms with Crippen LogP contribution in [0.1, 0.15) is 44.0 Å². The maximum atomic E-state index is 12.6. The minimum absolute atomic E-state index is 0.0575. The predicted molar refractivity (Wildman–Crippen MR) is 82.1 cm³/mol. The van der Waals surface area contributed by atoms with Crippen molar-refractivity contribution in [3.8, 4) is 0 Å². The second kappa shape index (κ2) is 8.05. The molecule has 1 N–H and O–H groups in total. The van der Waals surface area contributed by atoms with E-state index in [9.17, 15) is 4.79 Å². The number of anilines is 1. The Morgan fingerprint density at radius 3 is 2.37 bits per heavy atom. The van der Waals surface area contributed by atoms with Crippen molar-refractivity contribution >= 4 is 23.2 Å². The van der Waals surface area contributed by atoms with Gasteiger partial charge in [-0.05, 0) is 38.0 Å². The Labute approximate surface area is 120 Å². The number of benzene rings is 1. The van der Waals surface area contributed by atoms with E-state index in [1.54, 1.807) is 12.1 Å². The highest BCUT2D eigenvalue weighted by Gasteiger charge is 2.18. The highest BCUT2D eigenvalue weighted by molar-refractivity contribution is 6.31. The van der Waals surface area contributed by atoms with E-state index in [1.165, 1.54) is 0 Å². The molecule has 1 aromatic rings. The molecule has 3 nitrogen and oxygen atoms in total. The van der Waals surface area contributed by atoms with Gasteiger partial charge in [-0.15, -0.1) is 0 Å². The molecule has 0 spiro atoms. The van der Waals surface area contributed by atoms with E-state index in [4.69, 9.17) is 11.6 Å². The summed E-state index contributed by atoms with van der Waals surface area (Å²) in [6.07, 6.45) is 1.92. The molecule has 0 bridgehead atoms. The molecule has 0 aliphatic heterocycles. The molecule has 19 heavy (non-hydrogen) atoms. The summed E-state index contributed by atoms with van der Waals surface area (Å²) >= 11 is 6.02. The standard InChI is InChI=1S/C15H23ClN2O/c1-4-9-18(10-5-2)15(19)13-11-12(16)7-8-14(13)17-6-3/h7-8,11,17H,4-6,9-10H2,1-3H3. The molecule has 1 amide bonds. The van der Waals surface area contributed by atoms with Crippen LogP contribution < -0.4 is 5.32 Å². The van der Waals surface area contributed by atoms with Crippen LogP contribution in [-0.4, -0.2) is 30.4 Å². The zero-order valence-corrected chi connectivity index (χ0v) is 12.8. The molecule has 0 aromatic heterocycles. The SMILES string of the molecule is CCCN(CCC)C(=O)c1cc(Cl)ccc1NCC. The van der Waals surface area contributed by atoms with Crippen LogP contribution in [0.2, 0.25) is 5.02 Å². The molecule has 0 radical (unpaired) electrons. The van der Waals surface area contributed by atoms with Gasteiger partial charge in [-0.2, -0.15) is 0 Å². The summed E-state index contributed by atoms with van der Waals surface area (Å²) in [7, 11) is 0. The highest BCUT2D eigenvalue weighted by Crippen LogP contribution is 2.22. The van der Waals surface area contributed by atoms with E-state index in [-0.39, 0.29) is 5.91 Å². The van der Waals surface area contributed by atoms with Crippen LogP contribution in [0, 0.1) is 0 Å². The first-order valence-corrected chi connectivity index (χ1v) is 7.34. The third-order valence-corrected chi connectivity index (χ3v) is 3.09. The van der Waals surface area contributed by atoms with Gasteiger partial charge < -0.3 is 10.2 Å². The van der Waals surface area contributed by atoms with Crippen LogP contribution >= 0.6 is 11.6 Å². The van der Waals surface area contributed by atoms with Gasteiger partial charge in [0.15, 0.2) is 0 Å². The molecular weight excluding hydrogens is 260 g/mol. The van der Waals surface area contributed by atoms with Gasteiger partial charge in [0.25, 0.3) is 5.91 Å². The van der Waals surface area contributed by atoms with Crippen molar-refractivity contribution in [1.82, 2.24) is 4.90 Å². The first-order valence-electron chi connectivity index (χ1n) is 6.96. The van der Waals surface area contributed by atoms with Crippen LogP contribution in [0.5, 0.6) is 0 Å². The fourth-order valence-electron chi connectivity index (χ4n) is 2.06. The first kappa shape index (κ1) is 15.8. The second-order valence-corrected chi connectivity index (χ2v) is 4.95. The molecular formula is C15H23ClN2O. The molecule has 0 unspecified atom stereocenters. The highest BCUT2D eigenvalue weighted by atomic mass is 35.5. The van der Waals surface area contributed by atoms with Gasteiger partial charge in [0, 0.05) is 30.3 Å². The molecule has 0 fully saturated rings. The van der Waals surface area contributed by atoms with Gasteiger partial charge in [-0.25, -0.2) is 0 Å². The van der Waals surface area contributed by atoms with Crippen molar-refractivity contribution in [3.63, 3.8) is 0 Å². The number of hydrogen-bond donors (Lipinski definition) is 1. The van der Waals surface area contributed by atoms with Crippen LogP contribution in [0.15, 0.2) is 18.2 Å². The first-order chi connectivity index (χ1) is 9.13. The van der Waals surface area contributed by atoms with Crippen molar-refractivity contribution < 1.29 is 4.79 Å². The average molecular weight is 283 g/mol. The molecule has 106 valence electrons. The number of halogens is 1. The Hall–Kier alpha value is -1.22. The average Bonchev–Trinajstić information content (AvgIpc) is 2.40. The lowest BCUT2D eigenvalue weighted by Crippen LogP contribution is -2.33. The Kier molecular flexibility index (Phi) is 6.71. The Morgan fingerprint density at radius 1 is 1.21 bits per heavy atom. The molecule has 0 aliphatic carbocycles. The molecule has 0 aliphatic rings. The van der Waals surface area contributed by atoms with Crippen LogP contribution in [0.25, 0.3) is 0 Å². The van der Waals surface area contributed by atoms with E-state index in [0.717, 1.165) is 38.2 Å². The number of rotatable bonds is 7. The van der Waals surface area contributed by atoms with E-state index in [1.807, 2.05) is 17.9 Å². The van der Waals surface area contributed by atoms with Gasteiger partial charge in [0.05, 0.1) is 5.56 Å². The maximum Gasteiger partial charge on any atom is 0.256 e. The van der Waals surface area contributed by atoms with Crippen molar-refractivity contribution in [2.75, 3.05) is 25.0 Å². The molecule has 1 rings (SSSR count). The van der Waals surface area contributed by atoms with E-state index >= 15 is 0 Å². The Bertz CT molecular complexity index is 415. The van der Waals surface area contributed by atoms with Crippen molar-refractivity contribution in [2.45, 2.75) is 33.6 Å². The van der Waals surface area contributed by atoms with Gasteiger partial charge in [0.1, 0.15) is 0 Å². The second-order valence-electron chi connectivity index (χ2n) is 4.51. The van der Waals surface area contributed by atoms with Crippen LogP contribution in [0.3, 0.4) is 0 Å². The molecule has 0 atom stereocenters. The minimum Gasteiger partial charge on any atom is -0.385 e.